The molecule has 0 aliphatic carbocycles. The standard InChI is InChI=1S/C20H16Cl2N2O3/c1-3-27-20(26)13-10-23-18-12(11(13)2)6-4-9-16(18)24-19(25)17-14(21)7-5-8-15(17)22/h4-10H,3H2,1-2H3,(H,24,25). The van der Waals surface area contributed by atoms with Crippen LogP contribution in [0.25, 0.3) is 10.9 Å². The van der Waals surface area contributed by atoms with Gasteiger partial charge in [-0.1, -0.05) is 41.4 Å². The molecule has 1 N–H and O–H groups in total. The van der Waals surface area contributed by atoms with Gasteiger partial charge < -0.3 is 10.1 Å². The van der Waals surface area contributed by atoms with E-state index >= 15 is 0 Å². The smallest absolute Gasteiger partial charge is 0.339 e. The number of rotatable bonds is 4. The minimum atomic E-state index is -0.438. The molecule has 27 heavy (non-hydrogen) atoms. The number of carbonyl (C=O) groups excluding carboxylic acids is 2. The number of ether oxygens (including phenoxy) is 1. The number of nitrogens with zero attached hydrogens (tertiary/aromatic N) is 1. The monoisotopic (exact) mass is 402 g/mol. The van der Waals surface area contributed by atoms with Gasteiger partial charge in [0.15, 0.2) is 0 Å². The zero-order valence-electron chi connectivity index (χ0n) is 14.7. The zero-order valence-corrected chi connectivity index (χ0v) is 16.2. The molecule has 0 spiro atoms. The van der Waals surface area contributed by atoms with E-state index in [9.17, 15) is 9.59 Å². The number of fused-ring (bicyclic) bond motifs is 1. The van der Waals surface area contributed by atoms with E-state index in [-0.39, 0.29) is 22.2 Å². The van der Waals surface area contributed by atoms with Crippen LogP contribution in [-0.4, -0.2) is 23.5 Å². The average molecular weight is 403 g/mol. The van der Waals surface area contributed by atoms with Gasteiger partial charge in [0.25, 0.3) is 5.91 Å². The highest BCUT2D eigenvalue weighted by Gasteiger charge is 2.18. The van der Waals surface area contributed by atoms with Crippen LogP contribution in [0.2, 0.25) is 10.0 Å². The molecule has 3 aromatic rings. The summed E-state index contributed by atoms with van der Waals surface area (Å²) in [4.78, 5) is 29.1. The number of halogens is 2. The molecule has 0 fully saturated rings. The van der Waals surface area contributed by atoms with Gasteiger partial charge >= 0.3 is 5.97 Å². The summed E-state index contributed by atoms with van der Waals surface area (Å²) in [7, 11) is 0. The van der Waals surface area contributed by atoms with Crippen molar-refractivity contribution in [3.63, 3.8) is 0 Å². The fourth-order valence-electron chi connectivity index (χ4n) is 2.77. The van der Waals surface area contributed by atoms with Crippen molar-refractivity contribution in [3.05, 3.63) is 69.3 Å². The molecule has 1 aromatic heterocycles. The summed E-state index contributed by atoms with van der Waals surface area (Å²) in [6, 6.07) is 10.2. The van der Waals surface area contributed by atoms with E-state index in [1.165, 1.54) is 6.20 Å². The number of amides is 1. The van der Waals surface area contributed by atoms with Crippen molar-refractivity contribution in [1.82, 2.24) is 4.98 Å². The molecule has 0 unspecified atom stereocenters. The summed E-state index contributed by atoms with van der Waals surface area (Å²) >= 11 is 12.2. The number of benzene rings is 2. The molecular formula is C20H16Cl2N2O3. The highest BCUT2D eigenvalue weighted by atomic mass is 35.5. The van der Waals surface area contributed by atoms with Gasteiger partial charge in [-0.05, 0) is 37.6 Å². The molecule has 0 aliphatic rings. The highest BCUT2D eigenvalue weighted by molar-refractivity contribution is 6.40. The first-order chi connectivity index (χ1) is 12.9. The third-order valence-electron chi connectivity index (χ3n) is 4.10. The highest BCUT2D eigenvalue weighted by Crippen LogP contribution is 2.29. The van der Waals surface area contributed by atoms with Crippen LogP contribution in [0.15, 0.2) is 42.6 Å². The Balaban J connectivity index is 2.02. The van der Waals surface area contributed by atoms with Crippen molar-refractivity contribution in [2.75, 3.05) is 11.9 Å². The van der Waals surface area contributed by atoms with E-state index in [0.717, 1.165) is 10.9 Å². The van der Waals surface area contributed by atoms with E-state index in [2.05, 4.69) is 10.3 Å². The van der Waals surface area contributed by atoms with Gasteiger partial charge in [-0.3, -0.25) is 9.78 Å². The maximum absolute atomic E-state index is 12.7. The van der Waals surface area contributed by atoms with E-state index in [4.69, 9.17) is 27.9 Å². The maximum atomic E-state index is 12.7. The maximum Gasteiger partial charge on any atom is 0.339 e. The van der Waals surface area contributed by atoms with Crippen molar-refractivity contribution in [2.24, 2.45) is 0 Å². The number of anilines is 1. The molecule has 1 amide bonds. The molecule has 1 heterocycles. The van der Waals surface area contributed by atoms with Gasteiger partial charge in [0.2, 0.25) is 0 Å². The van der Waals surface area contributed by atoms with Crippen LogP contribution < -0.4 is 5.32 Å². The van der Waals surface area contributed by atoms with Crippen LogP contribution >= 0.6 is 23.2 Å². The van der Waals surface area contributed by atoms with Crippen molar-refractivity contribution in [3.8, 4) is 0 Å². The molecule has 0 aliphatic heterocycles. The van der Waals surface area contributed by atoms with E-state index < -0.39 is 11.9 Å². The lowest BCUT2D eigenvalue weighted by atomic mass is 10.0. The van der Waals surface area contributed by atoms with Crippen molar-refractivity contribution >= 4 is 51.7 Å². The molecule has 138 valence electrons. The molecule has 3 rings (SSSR count). The minimum absolute atomic E-state index is 0.192. The summed E-state index contributed by atoms with van der Waals surface area (Å²) in [5, 5.41) is 4.05. The van der Waals surface area contributed by atoms with Gasteiger partial charge in [0.1, 0.15) is 0 Å². The fourth-order valence-corrected chi connectivity index (χ4v) is 3.34. The number of nitrogens with one attached hydrogen (secondary N) is 1. The SMILES string of the molecule is CCOC(=O)c1cnc2c(NC(=O)c3c(Cl)cccc3Cl)cccc2c1C. The van der Waals surface area contributed by atoms with Crippen LogP contribution in [0.5, 0.6) is 0 Å². The zero-order chi connectivity index (χ0) is 19.6. The van der Waals surface area contributed by atoms with Crippen LogP contribution in [0.4, 0.5) is 5.69 Å². The van der Waals surface area contributed by atoms with Crippen molar-refractivity contribution in [1.29, 1.82) is 0 Å². The molecule has 0 atom stereocenters. The molecule has 0 bridgehead atoms. The van der Waals surface area contributed by atoms with Gasteiger partial charge in [-0.25, -0.2) is 4.79 Å². The lowest BCUT2D eigenvalue weighted by Crippen LogP contribution is -2.14. The van der Waals surface area contributed by atoms with Gasteiger partial charge in [0.05, 0.1) is 39.0 Å². The predicted octanol–water partition coefficient (Wildman–Crippen LogP) is 5.28. The number of carbonyl (C=O) groups is 2. The van der Waals surface area contributed by atoms with Crippen molar-refractivity contribution < 1.29 is 14.3 Å². The molecular weight excluding hydrogens is 387 g/mol. The van der Waals surface area contributed by atoms with E-state index in [1.807, 2.05) is 13.0 Å². The first kappa shape index (κ1) is 19.1. The number of hydrogen-bond acceptors (Lipinski definition) is 4. The minimum Gasteiger partial charge on any atom is -0.462 e. The second-order valence-corrected chi connectivity index (χ2v) is 6.58. The normalized spacial score (nSPS) is 10.7. The Bertz CT molecular complexity index is 1030. The summed E-state index contributed by atoms with van der Waals surface area (Å²) in [5.74, 6) is -0.867. The lowest BCUT2D eigenvalue weighted by molar-refractivity contribution is 0.0525. The number of pyridine rings is 1. The Labute approximate surface area is 166 Å². The fraction of sp³-hybridized carbons (Fsp3) is 0.150. The summed E-state index contributed by atoms with van der Waals surface area (Å²) < 4.78 is 5.06. The summed E-state index contributed by atoms with van der Waals surface area (Å²) in [5.41, 5.74) is 2.36. The predicted molar refractivity (Wildman–Crippen MR) is 107 cm³/mol. The summed E-state index contributed by atoms with van der Waals surface area (Å²) in [6.07, 6.45) is 1.45. The van der Waals surface area contributed by atoms with Crippen LogP contribution in [0, 0.1) is 6.92 Å². The van der Waals surface area contributed by atoms with Crippen LogP contribution in [0.1, 0.15) is 33.2 Å². The Hall–Kier alpha value is -2.63. The first-order valence-electron chi connectivity index (χ1n) is 8.24. The molecule has 7 heteroatoms. The van der Waals surface area contributed by atoms with E-state index in [1.54, 1.807) is 37.3 Å². The number of aryl methyl sites for hydroxylation is 1. The van der Waals surface area contributed by atoms with Gasteiger partial charge in [0, 0.05) is 11.6 Å². The van der Waals surface area contributed by atoms with Gasteiger partial charge in [-0.2, -0.15) is 0 Å². The van der Waals surface area contributed by atoms with E-state index in [0.29, 0.717) is 16.8 Å². The third-order valence-corrected chi connectivity index (χ3v) is 4.73. The molecule has 0 radical (unpaired) electrons. The van der Waals surface area contributed by atoms with Crippen molar-refractivity contribution in [2.45, 2.75) is 13.8 Å². The lowest BCUT2D eigenvalue weighted by Gasteiger charge is -2.13. The number of esters is 1. The third kappa shape index (κ3) is 3.75. The summed E-state index contributed by atoms with van der Waals surface area (Å²) in [6.45, 7) is 3.84. The topological polar surface area (TPSA) is 68.3 Å². The first-order valence-corrected chi connectivity index (χ1v) is 9.00. The second-order valence-electron chi connectivity index (χ2n) is 5.77. The largest absolute Gasteiger partial charge is 0.462 e. The van der Waals surface area contributed by atoms with Crippen LogP contribution in [-0.2, 0) is 4.74 Å². The Morgan fingerprint density at radius 2 is 1.78 bits per heavy atom. The quantitative estimate of drug-likeness (QED) is 0.602. The molecule has 0 saturated carbocycles. The number of para-hydroxylation sites is 1. The Morgan fingerprint density at radius 3 is 2.44 bits per heavy atom. The average Bonchev–Trinajstić information content (AvgIpc) is 2.62. The van der Waals surface area contributed by atoms with Gasteiger partial charge in [-0.15, -0.1) is 0 Å². The molecule has 0 saturated heterocycles. The molecule has 5 nitrogen and oxygen atoms in total. The number of hydrogen-bond donors (Lipinski definition) is 1. The Kier molecular flexibility index (Phi) is 5.63. The number of aromatic nitrogens is 1. The molecule has 2 aromatic carbocycles. The van der Waals surface area contributed by atoms with Crippen LogP contribution in [0.3, 0.4) is 0 Å². The Morgan fingerprint density at radius 1 is 1.11 bits per heavy atom. The second kappa shape index (κ2) is 7.94.